The first-order chi connectivity index (χ1) is 10.1. The molecular weight excluding hydrogens is 403 g/mol. The molecule has 3 heterocycles. The fourth-order valence-corrected chi connectivity index (χ4v) is 3.31. The third kappa shape index (κ3) is 4.50. The van der Waals surface area contributed by atoms with Crippen LogP contribution in [-0.2, 0) is 4.79 Å². The Hall–Kier alpha value is -0.560. The van der Waals surface area contributed by atoms with Crippen LogP contribution < -0.4 is 10.2 Å². The number of hydrogen-bond acceptors (Lipinski definition) is 4. The van der Waals surface area contributed by atoms with Gasteiger partial charge >= 0.3 is 0 Å². The molecule has 0 spiro atoms. The number of rotatable bonds is 2. The monoisotopic (exact) mass is 424 g/mol. The van der Waals surface area contributed by atoms with Gasteiger partial charge in [0.05, 0.1) is 5.41 Å². The lowest BCUT2D eigenvalue weighted by molar-refractivity contribution is -0.140. The summed E-state index contributed by atoms with van der Waals surface area (Å²) in [6.45, 7) is 7.11. The van der Waals surface area contributed by atoms with E-state index < -0.39 is 0 Å². The molecule has 3 rings (SSSR count). The largest absolute Gasteiger partial charge is 0.353 e. The maximum absolute atomic E-state index is 12.7. The van der Waals surface area contributed by atoms with Gasteiger partial charge in [-0.3, -0.25) is 4.79 Å². The van der Waals surface area contributed by atoms with Crippen molar-refractivity contribution >= 4 is 52.5 Å². The second kappa shape index (κ2) is 8.51. The van der Waals surface area contributed by atoms with Crippen LogP contribution in [-0.4, -0.2) is 55.1 Å². The molecule has 2 aliphatic heterocycles. The van der Waals surface area contributed by atoms with Crippen LogP contribution in [0.4, 0.5) is 5.82 Å². The Morgan fingerprint density at radius 3 is 2.48 bits per heavy atom. The molecule has 1 atom stereocenters. The third-order valence-corrected chi connectivity index (χ3v) is 4.96. The van der Waals surface area contributed by atoms with Gasteiger partial charge in [-0.25, -0.2) is 4.98 Å². The standard InChI is InChI=1S/C15H21BrN4O.2ClH/c1-15(4-5-17-11-15)14(21)20-8-6-19(7-9-20)13-3-2-12(16)10-18-13;;/h2-3,10,17H,4-9,11H2,1H3;2*1H. The summed E-state index contributed by atoms with van der Waals surface area (Å²) in [6.07, 6.45) is 2.76. The lowest BCUT2D eigenvalue weighted by Crippen LogP contribution is -2.53. The highest BCUT2D eigenvalue weighted by Crippen LogP contribution is 2.28. The maximum atomic E-state index is 12.7. The fraction of sp³-hybridized carbons (Fsp3) is 0.600. The first kappa shape index (κ1) is 20.5. The smallest absolute Gasteiger partial charge is 0.229 e. The number of piperazine rings is 1. The van der Waals surface area contributed by atoms with Crippen LogP contribution in [0, 0.1) is 5.41 Å². The summed E-state index contributed by atoms with van der Waals surface area (Å²) in [5.41, 5.74) is -0.210. The molecule has 0 saturated carbocycles. The first-order valence-electron chi connectivity index (χ1n) is 7.45. The first-order valence-corrected chi connectivity index (χ1v) is 8.24. The van der Waals surface area contributed by atoms with Crippen LogP contribution >= 0.6 is 40.7 Å². The Morgan fingerprint density at radius 2 is 1.96 bits per heavy atom. The second-order valence-electron chi connectivity index (χ2n) is 6.10. The molecule has 0 bridgehead atoms. The number of anilines is 1. The number of carbonyl (C=O) groups is 1. The average molecular weight is 426 g/mol. The number of aromatic nitrogens is 1. The number of amides is 1. The molecule has 5 nitrogen and oxygen atoms in total. The molecule has 1 N–H and O–H groups in total. The molecule has 0 aromatic carbocycles. The molecule has 1 amide bonds. The van der Waals surface area contributed by atoms with Gasteiger partial charge in [-0.05, 0) is 48.0 Å². The van der Waals surface area contributed by atoms with Crippen molar-refractivity contribution in [1.29, 1.82) is 0 Å². The molecule has 8 heteroatoms. The van der Waals surface area contributed by atoms with E-state index in [2.05, 4.69) is 38.1 Å². The minimum Gasteiger partial charge on any atom is -0.353 e. The van der Waals surface area contributed by atoms with Crippen LogP contribution in [0.25, 0.3) is 0 Å². The summed E-state index contributed by atoms with van der Waals surface area (Å²) in [6, 6.07) is 4.02. The van der Waals surface area contributed by atoms with E-state index in [9.17, 15) is 4.79 Å². The zero-order valence-electron chi connectivity index (χ0n) is 13.1. The van der Waals surface area contributed by atoms with E-state index in [0.717, 1.165) is 56.0 Å². The fourth-order valence-electron chi connectivity index (χ4n) is 3.07. The number of pyridine rings is 1. The number of nitrogens with one attached hydrogen (secondary N) is 1. The molecule has 2 aliphatic rings. The van der Waals surface area contributed by atoms with E-state index in [1.54, 1.807) is 0 Å². The highest BCUT2D eigenvalue weighted by molar-refractivity contribution is 9.10. The van der Waals surface area contributed by atoms with Gasteiger partial charge in [0.1, 0.15) is 5.82 Å². The van der Waals surface area contributed by atoms with Crippen LogP contribution in [0.3, 0.4) is 0 Å². The molecule has 0 radical (unpaired) electrons. The topological polar surface area (TPSA) is 48.5 Å². The van der Waals surface area contributed by atoms with Crippen LogP contribution in [0.2, 0.25) is 0 Å². The predicted molar refractivity (Wildman–Crippen MR) is 101 cm³/mol. The van der Waals surface area contributed by atoms with Gasteiger partial charge in [0.15, 0.2) is 0 Å². The molecular formula is C15H23BrCl2N4O. The van der Waals surface area contributed by atoms with Gasteiger partial charge < -0.3 is 15.1 Å². The number of nitrogens with zero attached hydrogens (tertiary/aromatic N) is 3. The van der Waals surface area contributed by atoms with E-state index >= 15 is 0 Å². The van der Waals surface area contributed by atoms with Crippen molar-refractivity contribution in [2.24, 2.45) is 5.41 Å². The molecule has 2 saturated heterocycles. The lowest BCUT2D eigenvalue weighted by Gasteiger charge is -2.38. The van der Waals surface area contributed by atoms with E-state index in [1.165, 1.54) is 0 Å². The number of halogens is 3. The molecule has 1 aromatic rings. The van der Waals surface area contributed by atoms with Crippen molar-refractivity contribution in [1.82, 2.24) is 15.2 Å². The van der Waals surface area contributed by atoms with Crippen molar-refractivity contribution in [3.05, 3.63) is 22.8 Å². The van der Waals surface area contributed by atoms with Gasteiger partial charge in [-0.2, -0.15) is 0 Å². The van der Waals surface area contributed by atoms with Crippen molar-refractivity contribution < 1.29 is 4.79 Å². The Kier molecular flexibility index (Phi) is 7.58. The zero-order chi connectivity index (χ0) is 14.9. The Balaban J connectivity index is 0.00000132. The Labute approximate surface area is 158 Å². The molecule has 2 fully saturated rings. The molecule has 23 heavy (non-hydrogen) atoms. The Bertz CT molecular complexity index is 515. The van der Waals surface area contributed by atoms with E-state index in [-0.39, 0.29) is 30.2 Å². The minimum absolute atomic E-state index is 0. The van der Waals surface area contributed by atoms with Gasteiger partial charge in [0.2, 0.25) is 5.91 Å². The summed E-state index contributed by atoms with van der Waals surface area (Å²) in [5.74, 6) is 1.29. The molecule has 0 aliphatic carbocycles. The highest BCUT2D eigenvalue weighted by Gasteiger charge is 2.39. The summed E-state index contributed by atoms with van der Waals surface area (Å²) < 4.78 is 0.988. The predicted octanol–water partition coefficient (Wildman–Crippen LogP) is 2.34. The van der Waals surface area contributed by atoms with Crippen LogP contribution in [0.15, 0.2) is 22.8 Å². The van der Waals surface area contributed by atoms with Crippen molar-refractivity contribution in [3.8, 4) is 0 Å². The SMILES string of the molecule is CC1(C(=O)N2CCN(c3ccc(Br)cn3)CC2)CCNC1.Cl.Cl. The lowest BCUT2D eigenvalue weighted by atomic mass is 9.88. The average Bonchev–Trinajstić information content (AvgIpc) is 2.96. The van der Waals surface area contributed by atoms with Crippen molar-refractivity contribution in [3.63, 3.8) is 0 Å². The van der Waals surface area contributed by atoms with Crippen LogP contribution in [0.1, 0.15) is 13.3 Å². The number of carbonyl (C=O) groups excluding carboxylic acids is 1. The second-order valence-corrected chi connectivity index (χ2v) is 7.02. The number of hydrogen-bond donors (Lipinski definition) is 1. The molecule has 130 valence electrons. The van der Waals surface area contributed by atoms with E-state index in [0.29, 0.717) is 5.91 Å². The van der Waals surface area contributed by atoms with Crippen molar-refractivity contribution in [2.75, 3.05) is 44.2 Å². The summed E-state index contributed by atoms with van der Waals surface area (Å²) in [5, 5.41) is 3.30. The minimum atomic E-state index is -0.210. The third-order valence-electron chi connectivity index (χ3n) is 4.49. The highest BCUT2D eigenvalue weighted by atomic mass is 79.9. The van der Waals surface area contributed by atoms with Crippen LogP contribution in [0.5, 0.6) is 0 Å². The van der Waals surface area contributed by atoms with E-state index in [1.807, 2.05) is 23.2 Å². The molecule has 1 aromatic heterocycles. The normalized spacial score (nSPS) is 23.9. The summed E-state index contributed by atoms with van der Waals surface area (Å²) in [7, 11) is 0. The summed E-state index contributed by atoms with van der Waals surface area (Å²) >= 11 is 3.40. The summed E-state index contributed by atoms with van der Waals surface area (Å²) in [4.78, 5) is 21.3. The van der Waals surface area contributed by atoms with Gasteiger partial charge in [-0.1, -0.05) is 0 Å². The van der Waals surface area contributed by atoms with E-state index in [4.69, 9.17) is 0 Å². The maximum Gasteiger partial charge on any atom is 0.229 e. The quantitative estimate of drug-likeness (QED) is 0.789. The Morgan fingerprint density at radius 1 is 1.26 bits per heavy atom. The molecule has 1 unspecified atom stereocenters. The van der Waals surface area contributed by atoms with Gasteiger partial charge in [-0.15, -0.1) is 24.8 Å². The van der Waals surface area contributed by atoms with Gasteiger partial charge in [0, 0.05) is 43.4 Å². The van der Waals surface area contributed by atoms with Gasteiger partial charge in [0.25, 0.3) is 0 Å². The van der Waals surface area contributed by atoms with Crippen molar-refractivity contribution in [2.45, 2.75) is 13.3 Å². The zero-order valence-corrected chi connectivity index (χ0v) is 16.3.